The Morgan fingerprint density at radius 1 is 1.37 bits per heavy atom. The van der Waals surface area contributed by atoms with Crippen molar-refractivity contribution in [3.05, 3.63) is 29.8 Å². The lowest BCUT2D eigenvalue weighted by Gasteiger charge is -2.15. The van der Waals surface area contributed by atoms with Crippen LogP contribution in [0.25, 0.3) is 0 Å². The van der Waals surface area contributed by atoms with E-state index in [1.54, 1.807) is 4.90 Å². The van der Waals surface area contributed by atoms with Crippen molar-refractivity contribution in [2.24, 2.45) is 0 Å². The smallest absolute Gasteiger partial charge is 0.411 e. The van der Waals surface area contributed by atoms with Crippen molar-refractivity contribution in [2.75, 3.05) is 25.1 Å². The van der Waals surface area contributed by atoms with Crippen LogP contribution < -0.4 is 5.32 Å². The quantitative estimate of drug-likeness (QED) is 0.896. The number of nitrogens with zero attached hydrogens (tertiary/aromatic N) is 2. The third-order valence-electron chi connectivity index (χ3n) is 3.72. The van der Waals surface area contributed by atoms with E-state index >= 15 is 0 Å². The molecule has 3 rings (SSSR count). The van der Waals surface area contributed by atoms with Gasteiger partial charge in [0.15, 0.2) is 0 Å². The Balaban J connectivity index is 1.61. The third-order valence-corrected chi connectivity index (χ3v) is 3.72. The van der Waals surface area contributed by atoms with Crippen molar-refractivity contribution in [2.45, 2.75) is 18.3 Å². The monoisotopic (exact) mass is 257 g/mol. The van der Waals surface area contributed by atoms with Crippen molar-refractivity contribution < 1.29 is 9.53 Å². The van der Waals surface area contributed by atoms with Crippen molar-refractivity contribution in [1.82, 2.24) is 4.90 Å². The van der Waals surface area contributed by atoms with Crippen LogP contribution >= 0.6 is 0 Å². The molecule has 1 aromatic rings. The SMILES string of the molecule is N#CC1(c2ccc(NCN3CCOC3=O)cc2)CC1. The first-order valence-electron chi connectivity index (χ1n) is 6.41. The molecule has 1 saturated heterocycles. The van der Waals surface area contributed by atoms with Gasteiger partial charge in [0.05, 0.1) is 24.7 Å². The van der Waals surface area contributed by atoms with Crippen molar-refractivity contribution in [3.8, 4) is 6.07 Å². The van der Waals surface area contributed by atoms with Crippen molar-refractivity contribution in [1.29, 1.82) is 5.26 Å². The molecule has 1 aromatic carbocycles. The second kappa shape index (κ2) is 4.47. The molecule has 1 N–H and O–H groups in total. The number of cyclic esters (lactones) is 1. The van der Waals surface area contributed by atoms with Crippen LogP contribution in [0.15, 0.2) is 24.3 Å². The molecule has 1 heterocycles. The minimum absolute atomic E-state index is 0.239. The number of anilines is 1. The first-order chi connectivity index (χ1) is 9.23. The highest BCUT2D eigenvalue weighted by molar-refractivity contribution is 5.69. The van der Waals surface area contributed by atoms with Crippen molar-refractivity contribution in [3.63, 3.8) is 0 Å². The van der Waals surface area contributed by atoms with E-state index in [4.69, 9.17) is 10.00 Å². The molecular weight excluding hydrogens is 242 g/mol. The minimum atomic E-state index is -0.273. The molecule has 1 aliphatic heterocycles. The normalized spacial score (nSPS) is 19.7. The van der Waals surface area contributed by atoms with E-state index < -0.39 is 0 Å². The number of hydrogen-bond donors (Lipinski definition) is 1. The Hall–Kier alpha value is -2.22. The molecule has 1 saturated carbocycles. The summed E-state index contributed by atoms with van der Waals surface area (Å²) in [5.74, 6) is 0. The minimum Gasteiger partial charge on any atom is -0.447 e. The van der Waals surface area contributed by atoms with Crippen LogP contribution in [0.1, 0.15) is 18.4 Å². The van der Waals surface area contributed by atoms with Gasteiger partial charge in [-0.1, -0.05) is 12.1 Å². The lowest BCUT2D eigenvalue weighted by Crippen LogP contribution is -2.29. The molecule has 0 spiro atoms. The van der Waals surface area contributed by atoms with Gasteiger partial charge in [0, 0.05) is 5.69 Å². The zero-order chi connectivity index (χ0) is 13.3. The van der Waals surface area contributed by atoms with Crippen LogP contribution in [0.3, 0.4) is 0 Å². The Morgan fingerprint density at radius 2 is 2.11 bits per heavy atom. The number of nitrogens with one attached hydrogen (secondary N) is 1. The van der Waals surface area contributed by atoms with Crippen LogP contribution in [-0.4, -0.2) is 30.8 Å². The lowest BCUT2D eigenvalue weighted by atomic mass is 9.98. The highest BCUT2D eigenvalue weighted by atomic mass is 16.6. The van der Waals surface area contributed by atoms with Crippen LogP contribution in [-0.2, 0) is 10.2 Å². The first kappa shape index (κ1) is 11.8. The average Bonchev–Trinajstić information content (AvgIpc) is 3.15. The summed E-state index contributed by atoms with van der Waals surface area (Å²) in [7, 11) is 0. The third kappa shape index (κ3) is 2.22. The van der Waals surface area contributed by atoms with E-state index in [-0.39, 0.29) is 11.5 Å². The molecule has 1 amide bonds. The summed E-state index contributed by atoms with van der Waals surface area (Å²) in [5.41, 5.74) is 1.79. The van der Waals surface area contributed by atoms with E-state index in [2.05, 4.69) is 11.4 Å². The van der Waals surface area contributed by atoms with Gasteiger partial charge < -0.3 is 10.1 Å². The Bertz CT molecular complexity index is 529. The lowest BCUT2D eigenvalue weighted by molar-refractivity contribution is 0.160. The number of benzene rings is 1. The fourth-order valence-corrected chi connectivity index (χ4v) is 2.25. The highest BCUT2D eigenvalue weighted by Crippen LogP contribution is 2.47. The van der Waals surface area contributed by atoms with Crippen molar-refractivity contribution >= 4 is 11.8 Å². The zero-order valence-electron chi connectivity index (χ0n) is 10.6. The summed E-state index contributed by atoms with van der Waals surface area (Å²) in [5, 5.41) is 12.3. The molecule has 0 unspecified atom stereocenters. The molecule has 0 aromatic heterocycles. The summed E-state index contributed by atoms with van der Waals surface area (Å²) in [6, 6.07) is 10.3. The van der Waals surface area contributed by atoms with Gasteiger partial charge in [-0.25, -0.2) is 4.79 Å². The molecule has 5 heteroatoms. The fraction of sp³-hybridized carbons (Fsp3) is 0.429. The second-order valence-electron chi connectivity index (χ2n) is 4.98. The standard InChI is InChI=1S/C14H15N3O2/c15-9-14(5-6-14)11-1-3-12(4-2-11)16-10-17-7-8-19-13(17)18/h1-4,16H,5-8,10H2. The van der Waals surface area contributed by atoms with Gasteiger partial charge in [0.1, 0.15) is 6.61 Å². The zero-order valence-corrected chi connectivity index (χ0v) is 10.6. The summed E-state index contributed by atoms with van der Waals surface area (Å²) >= 11 is 0. The summed E-state index contributed by atoms with van der Waals surface area (Å²) < 4.78 is 4.85. The van der Waals surface area contributed by atoms with Gasteiger partial charge in [-0.15, -0.1) is 0 Å². The van der Waals surface area contributed by atoms with E-state index in [1.807, 2.05) is 24.3 Å². The molecule has 5 nitrogen and oxygen atoms in total. The average molecular weight is 257 g/mol. The number of rotatable bonds is 4. The Kier molecular flexibility index (Phi) is 2.79. The largest absolute Gasteiger partial charge is 0.447 e. The predicted octanol–water partition coefficient (Wildman–Crippen LogP) is 2.06. The maximum absolute atomic E-state index is 11.3. The molecule has 2 aliphatic rings. The van der Waals surface area contributed by atoms with E-state index in [0.717, 1.165) is 24.1 Å². The van der Waals surface area contributed by atoms with Gasteiger partial charge in [-0.3, -0.25) is 4.90 Å². The molecule has 1 aliphatic carbocycles. The van der Waals surface area contributed by atoms with Gasteiger partial charge in [0.25, 0.3) is 0 Å². The molecule has 19 heavy (non-hydrogen) atoms. The van der Waals surface area contributed by atoms with Crippen LogP contribution in [0, 0.1) is 11.3 Å². The molecule has 2 fully saturated rings. The molecule has 0 radical (unpaired) electrons. The van der Waals surface area contributed by atoms with E-state index in [9.17, 15) is 4.79 Å². The summed E-state index contributed by atoms with van der Waals surface area (Å²) in [6.45, 7) is 1.53. The molecule has 0 atom stereocenters. The van der Waals surface area contributed by atoms with Crippen LogP contribution in [0.5, 0.6) is 0 Å². The second-order valence-corrected chi connectivity index (χ2v) is 4.98. The highest BCUT2D eigenvalue weighted by Gasteiger charge is 2.44. The summed E-state index contributed by atoms with van der Waals surface area (Å²) in [4.78, 5) is 12.9. The predicted molar refractivity (Wildman–Crippen MR) is 69.5 cm³/mol. The van der Waals surface area contributed by atoms with Gasteiger partial charge in [0.2, 0.25) is 0 Å². The number of ether oxygens (including phenoxy) is 1. The van der Waals surface area contributed by atoms with Crippen LogP contribution in [0.4, 0.5) is 10.5 Å². The van der Waals surface area contributed by atoms with Gasteiger partial charge >= 0.3 is 6.09 Å². The van der Waals surface area contributed by atoms with Gasteiger partial charge in [-0.05, 0) is 30.5 Å². The molecule has 0 bridgehead atoms. The number of carbonyl (C=O) groups excluding carboxylic acids is 1. The van der Waals surface area contributed by atoms with Crippen LogP contribution in [0.2, 0.25) is 0 Å². The summed E-state index contributed by atoms with van der Waals surface area (Å²) in [6.07, 6.45) is 1.64. The maximum atomic E-state index is 11.3. The number of carbonyl (C=O) groups is 1. The Labute approximate surface area is 111 Å². The fourth-order valence-electron chi connectivity index (χ4n) is 2.25. The number of amides is 1. The van der Waals surface area contributed by atoms with E-state index in [0.29, 0.717) is 19.8 Å². The first-order valence-corrected chi connectivity index (χ1v) is 6.41. The molecular formula is C14H15N3O2. The van der Waals surface area contributed by atoms with E-state index in [1.165, 1.54) is 0 Å². The topological polar surface area (TPSA) is 65.4 Å². The number of hydrogen-bond acceptors (Lipinski definition) is 4. The molecule has 98 valence electrons. The number of nitriles is 1. The van der Waals surface area contributed by atoms with Gasteiger partial charge in [-0.2, -0.15) is 5.26 Å². The Morgan fingerprint density at radius 3 is 2.63 bits per heavy atom. The maximum Gasteiger partial charge on any atom is 0.411 e.